The van der Waals surface area contributed by atoms with E-state index in [1.807, 2.05) is 12.1 Å². The zero-order chi connectivity index (χ0) is 25.1. The van der Waals surface area contributed by atoms with Crippen LogP contribution in [-0.4, -0.2) is 43.9 Å². The number of hydrogen-bond donors (Lipinski definition) is 1. The lowest BCUT2D eigenvalue weighted by Gasteiger charge is -2.22. The number of para-hydroxylation sites is 3. The Kier molecular flexibility index (Phi) is 6.35. The molecule has 2 aliphatic rings. The number of rotatable bonds is 9. The maximum atomic E-state index is 13.4. The van der Waals surface area contributed by atoms with Crippen molar-refractivity contribution in [1.29, 1.82) is 0 Å². The van der Waals surface area contributed by atoms with Crippen LogP contribution < -0.4 is 23.8 Å². The van der Waals surface area contributed by atoms with Crippen LogP contribution in [0.1, 0.15) is 17.5 Å². The fraction of sp³-hybridized carbons (Fsp3) is 0.214. The van der Waals surface area contributed by atoms with E-state index in [-0.39, 0.29) is 32.1 Å². The highest BCUT2D eigenvalue weighted by Crippen LogP contribution is 2.42. The summed E-state index contributed by atoms with van der Waals surface area (Å²) < 4.78 is 21.8. The molecule has 0 unspecified atom stereocenters. The monoisotopic (exact) mass is 487 g/mol. The maximum absolute atomic E-state index is 13.4. The van der Waals surface area contributed by atoms with Crippen molar-refractivity contribution in [2.45, 2.75) is 12.0 Å². The molecule has 0 saturated carbocycles. The van der Waals surface area contributed by atoms with Crippen molar-refractivity contribution < 1.29 is 33.6 Å². The number of methoxy groups -OCH3 is 1. The third-order valence-electron chi connectivity index (χ3n) is 6.17. The van der Waals surface area contributed by atoms with Crippen LogP contribution in [0.3, 0.4) is 0 Å². The van der Waals surface area contributed by atoms with Crippen LogP contribution in [0.4, 0.5) is 5.69 Å². The SMILES string of the molecule is COc1ccccc1OCCN1C(=O)[C@@](O)(CC(=O)/C=C\c2ccc3c(c2)OCO3)c2ccccc21. The molecular formula is C28H25NO7. The molecule has 36 heavy (non-hydrogen) atoms. The molecule has 5 rings (SSSR count). The lowest BCUT2D eigenvalue weighted by molar-refractivity contribution is -0.140. The van der Waals surface area contributed by atoms with Gasteiger partial charge in [0, 0.05) is 5.56 Å². The van der Waals surface area contributed by atoms with E-state index in [2.05, 4.69) is 0 Å². The number of ether oxygens (including phenoxy) is 4. The van der Waals surface area contributed by atoms with Gasteiger partial charge in [0.25, 0.3) is 5.91 Å². The summed E-state index contributed by atoms with van der Waals surface area (Å²) in [4.78, 5) is 27.7. The number of ketones is 1. The molecule has 0 fully saturated rings. The first-order chi connectivity index (χ1) is 17.5. The third-order valence-corrected chi connectivity index (χ3v) is 6.17. The molecule has 0 bridgehead atoms. The quantitative estimate of drug-likeness (QED) is 0.460. The summed E-state index contributed by atoms with van der Waals surface area (Å²) in [5.74, 6) is 1.45. The smallest absolute Gasteiger partial charge is 0.264 e. The zero-order valence-corrected chi connectivity index (χ0v) is 19.7. The van der Waals surface area contributed by atoms with Crippen LogP contribution >= 0.6 is 0 Å². The van der Waals surface area contributed by atoms with Crippen LogP contribution in [0.15, 0.2) is 72.8 Å². The normalized spacial score (nSPS) is 17.9. The number of hydrogen-bond acceptors (Lipinski definition) is 7. The number of nitrogens with zero attached hydrogens (tertiary/aromatic N) is 1. The highest BCUT2D eigenvalue weighted by Gasteiger charge is 2.50. The van der Waals surface area contributed by atoms with Gasteiger partial charge in [-0.25, -0.2) is 0 Å². The van der Waals surface area contributed by atoms with E-state index in [1.54, 1.807) is 67.8 Å². The molecule has 0 spiro atoms. The van der Waals surface area contributed by atoms with E-state index >= 15 is 0 Å². The van der Waals surface area contributed by atoms with Gasteiger partial charge >= 0.3 is 0 Å². The highest BCUT2D eigenvalue weighted by atomic mass is 16.7. The molecule has 184 valence electrons. The number of aliphatic hydroxyl groups is 1. The Morgan fingerprint density at radius 2 is 1.81 bits per heavy atom. The predicted octanol–water partition coefficient (Wildman–Crippen LogP) is 3.71. The first-order valence-corrected chi connectivity index (χ1v) is 11.5. The minimum Gasteiger partial charge on any atom is -0.493 e. The van der Waals surface area contributed by atoms with Gasteiger partial charge in [-0.15, -0.1) is 0 Å². The second-order valence-electron chi connectivity index (χ2n) is 8.42. The number of amides is 1. The van der Waals surface area contributed by atoms with Crippen molar-refractivity contribution in [1.82, 2.24) is 0 Å². The lowest BCUT2D eigenvalue weighted by Crippen LogP contribution is -2.43. The average Bonchev–Trinajstić information content (AvgIpc) is 3.45. The number of carbonyl (C=O) groups is 2. The molecular weight excluding hydrogens is 462 g/mol. The zero-order valence-electron chi connectivity index (χ0n) is 19.7. The molecule has 3 aromatic carbocycles. The first-order valence-electron chi connectivity index (χ1n) is 11.5. The van der Waals surface area contributed by atoms with Gasteiger partial charge in [0.1, 0.15) is 6.61 Å². The second-order valence-corrected chi connectivity index (χ2v) is 8.42. The molecule has 0 saturated heterocycles. The van der Waals surface area contributed by atoms with Gasteiger partial charge in [-0.2, -0.15) is 0 Å². The van der Waals surface area contributed by atoms with E-state index in [0.29, 0.717) is 34.2 Å². The fourth-order valence-corrected chi connectivity index (χ4v) is 4.40. The largest absolute Gasteiger partial charge is 0.493 e. The fourth-order valence-electron chi connectivity index (χ4n) is 4.40. The maximum Gasteiger partial charge on any atom is 0.264 e. The van der Waals surface area contributed by atoms with Crippen LogP contribution in [-0.2, 0) is 15.2 Å². The Morgan fingerprint density at radius 1 is 1.06 bits per heavy atom. The van der Waals surface area contributed by atoms with E-state index in [9.17, 15) is 14.7 Å². The molecule has 3 aromatic rings. The minimum absolute atomic E-state index is 0.163. The van der Waals surface area contributed by atoms with E-state index < -0.39 is 11.5 Å². The summed E-state index contributed by atoms with van der Waals surface area (Å²) >= 11 is 0. The van der Waals surface area contributed by atoms with Crippen molar-refractivity contribution in [2.24, 2.45) is 0 Å². The molecule has 8 heteroatoms. The molecule has 8 nitrogen and oxygen atoms in total. The second kappa shape index (κ2) is 9.75. The third kappa shape index (κ3) is 4.38. The number of fused-ring (bicyclic) bond motifs is 2. The lowest BCUT2D eigenvalue weighted by atomic mass is 9.89. The molecule has 1 N–H and O–H groups in total. The number of allylic oxidation sites excluding steroid dienone is 1. The van der Waals surface area contributed by atoms with Gasteiger partial charge < -0.3 is 29.0 Å². The van der Waals surface area contributed by atoms with Crippen molar-refractivity contribution in [3.8, 4) is 23.0 Å². The molecule has 2 heterocycles. The van der Waals surface area contributed by atoms with Gasteiger partial charge in [-0.3, -0.25) is 9.59 Å². The molecule has 0 radical (unpaired) electrons. The summed E-state index contributed by atoms with van der Waals surface area (Å²) in [5, 5.41) is 11.4. The summed E-state index contributed by atoms with van der Waals surface area (Å²) in [5.41, 5.74) is -0.261. The first kappa shape index (κ1) is 23.4. The van der Waals surface area contributed by atoms with Gasteiger partial charge in [0.15, 0.2) is 34.4 Å². The summed E-state index contributed by atoms with van der Waals surface area (Å²) in [7, 11) is 1.56. The van der Waals surface area contributed by atoms with Crippen molar-refractivity contribution in [2.75, 3.05) is 32.0 Å². The minimum atomic E-state index is -1.96. The van der Waals surface area contributed by atoms with Gasteiger partial charge in [0.2, 0.25) is 6.79 Å². The molecule has 1 amide bonds. The standard InChI is InChI=1S/C28H25NO7/c1-33-23-8-4-5-9-24(23)34-15-14-29-22-7-3-2-6-21(22)28(32,27(29)31)17-20(30)12-10-19-11-13-25-26(16-19)36-18-35-25/h2-13,16,32H,14-15,17-18H2,1H3/b12-10-/t28-/m1/s1. The molecule has 2 aliphatic heterocycles. The average molecular weight is 488 g/mol. The van der Waals surface area contributed by atoms with E-state index in [4.69, 9.17) is 18.9 Å². The van der Waals surface area contributed by atoms with Crippen LogP contribution in [0.5, 0.6) is 23.0 Å². The Bertz CT molecular complexity index is 1330. The van der Waals surface area contributed by atoms with Crippen molar-refractivity contribution in [3.05, 3.63) is 83.9 Å². The molecule has 0 aliphatic carbocycles. The Hall–Kier alpha value is -4.30. The van der Waals surface area contributed by atoms with Crippen LogP contribution in [0, 0.1) is 0 Å². The van der Waals surface area contributed by atoms with E-state index in [0.717, 1.165) is 5.56 Å². The van der Waals surface area contributed by atoms with Gasteiger partial charge in [-0.1, -0.05) is 42.5 Å². The van der Waals surface area contributed by atoms with Crippen molar-refractivity contribution >= 4 is 23.5 Å². The van der Waals surface area contributed by atoms with Crippen LogP contribution in [0.25, 0.3) is 6.08 Å². The Labute approximate surface area is 208 Å². The molecule has 1 atom stereocenters. The summed E-state index contributed by atoms with van der Waals surface area (Å²) in [6.07, 6.45) is 2.60. The van der Waals surface area contributed by atoms with Gasteiger partial charge in [-0.05, 0) is 42.0 Å². The number of carbonyl (C=O) groups excluding carboxylic acids is 2. The molecule has 0 aromatic heterocycles. The van der Waals surface area contributed by atoms with Gasteiger partial charge in [0.05, 0.1) is 25.8 Å². The van der Waals surface area contributed by atoms with Crippen LogP contribution in [0.2, 0.25) is 0 Å². The summed E-state index contributed by atoms with van der Waals surface area (Å²) in [6.45, 7) is 0.530. The predicted molar refractivity (Wildman–Crippen MR) is 132 cm³/mol. The van der Waals surface area contributed by atoms with E-state index in [1.165, 1.54) is 11.0 Å². The summed E-state index contributed by atoms with van der Waals surface area (Å²) in [6, 6.07) is 19.5. The number of benzene rings is 3. The van der Waals surface area contributed by atoms with Crippen molar-refractivity contribution in [3.63, 3.8) is 0 Å². The highest BCUT2D eigenvalue weighted by molar-refractivity contribution is 6.10. The Balaban J connectivity index is 1.29. The topological polar surface area (TPSA) is 94.5 Å². The Morgan fingerprint density at radius 3 is 2.64 bits per heavy atom. The number of anilines is 1.